The molecule has 0 saturated heterocycles. The molecule has 0 aliphatic heterocycles. The van der Waals surface area contributed by atoms with Crippen LogP contribution in [0.3, 0.4) is 0 Å². The van der Waals surface area contributed by atoms with Crippen molar-refractivity contribution in [3.05, 3.63) is 56.5 Å². The standard InChI is InChI=1S/C16H18N2O3/c1-9-5-10(2)16(11(3)6-9)18-12(4)7-14(19)13(17-18)8-15(20)21/h5-7H,8H2,1-4H3,(H,20,21). The molecule has 21 heavy (non-hydrogen) atoms. The normalized spacial score (nSPS) is 10.7. The summed E-state index contributed by atoms with van der Waals surface area (Å²) in [5, 5.41) is 13.1. The highest BCUT2D eigenvalue weighted by atomic mass is 16.4. The average Bonchev–Trinajstić information content (AvgIpc) is 2.32. The van der Waals surface area contributed by atoms with Crippen molar-refractivity contribution in [2.75, 3.05) is 0 Å². The number of rotatable bonds is 3. The van der Waals surface area contributed by atoms with E-state index < -0.39 is 5.97 Å². The van der Waals surface area contributed by atoms with Gasteiger partial charge in [-0.2, -0.15) is 5.10 Å². The van der Waals surface area contributed by atoms with Gasteiger partial charge >= 0.3 is 5.97 Å². The monoisotopic (exact) mass is 286 g/mol. The Kier molecular flexibility index (Phi) is 3.93. The van der Waals surface area contributed by atoms with Gasteiger partial charge in [0.1, 0.15) is 5.69 Å². The SMILES string of the molecule is Cc1cc(C)c(-n2nc(CC(=O)O)c(=O)cc2C)c(C)c1. The lowest BCUT2D eigenvalue weighted by molar-refractivity contribution is -0.136. The molecule has 110 valence electrons. The third-order valence-electron chi connectivity index (χ3n) is 3.35. The molecule has 0 aliphatic rings. The van der Waals surface area contributed by atoms with Gasteiger partial charge in [0.2, 0.25) is 5.43 Å². The lowest BCUT2D eigenvalue weighted by atomic mass is 10.0. The fourth-order valence-electron chi connectivity index (χ4n) is 2.58. The molecule has 2 rings (SSSR count). The number of carboxylic acids is 1. The number of aryl methyl sites for hydroxylation is 4. The van der Waals surface area contributed by atoms with Gasteiger partial charge in [0.25, 0.3) is 0 Å². The molecule has 1 aromatic heterocycles. The van der Waals surface area contributed by atoms with Gasteiger partial charge in [0.05, 0.1) is 12.1 Å². The van der Waals surface area contributed by atoms with Gasteiger partial charge in [-0.25, -0.2) is 4.68 Å². The van der Waals surface area contributed by atoms with Crippen molar-refractivity contribution >= 4 is 5.97 Å². The number of hydrogen-bond donors (Lipinski definition) is 1. The van der Waals surface area contributed by atoms with Gasteiger partial charge in [-0.3, -0.25) is 9.59 Å². The summed E-state index contributed by atoms with van der Waals surface area (Å²) in [5.41, 5.74) is 4.51. The van der Waals surface area contributed by atoms with Crippen molar-refractivity contribution in [1.82, 2.24) is 9.78 Å². The summed E-state index contributed by atoms with van der Waals surface area (Å²) in [6, 6.07) is 5.51. The van der Waals surface area contributed by atoms with Crippen molar-refractivity contribution in [3.63, 3.8) is 0 Å². The molecule has 5 heteroatoms. The molecule has 0 atom stereocenters. The van der Waals surface area contributed by atoms with Crippen LogP contribution in [0.25, 0.3) is 5.69 Å². The number of aliphatic carboxylic acids is 1. The predicted octanol–water partition coefficient (Wildman–Crippen LogP) is 2.09. The van der Waals surface area contributed by atoms with Crippen molar-refractivity contribution in [1.29, 1.82) is 0 Å². The summed E-state index contributed by atoms with van der Waals surface area (Å²) in [5.74, 6) is -1.06. The van der Waals surface area contributed by atoms with Gasteiger partial charge in [-0.15, -0.1) is 0 Å². The molecule has 0 radical (unpaired) electrons. The Morgan fingerprint density at radius 1 is 1.14 bits per heavy atom. The zero-order valence-electron chi connectivity index (χ0n) is 12.6. The van der Waals surface area contributed by atoms with Crippen LogP contribution in [0.5, 0.6) is 0 Å². The second-order valence-corrected chi connectivity index (χ2v) is 5.33. The number of nitrogens with zero attached hydrogens (tertiary/aromatic N) is 2. The quantitative estimate of drug-likeness (QED) is 0.937. The van der Waals surface area contributed by atoms with Crippen LogP contribution in [0.4, 0.5) is 0 Å². The summed E-state index contributed by atoms with van der Waals surface area (Å²) < 4.78 is 1.66. The zero-order chi connectivity index (χ0) is 15.7. The van der Waals surface area contributed by atoms with Gasteiger partial charge < -0.3 is 5.11 Å². The number of benzene rings is 1. The second kappa shape index (κ2) is 5.52. The topological polar surface area (TPSA) is 72.2 Å². The van der Waals surface area contributed by atoms with Crippen molar-refractivity contribution in [2.45, 2.75) is 34.1 Å². The molecule has 0 aliphatic carbocycles. The molecular weight excluding hydrogens is 268 g/mol. The number of carbonyl (C=O) groups is 1. The van der Waals surface area contributed by atoms with Crippen LogP contribution in [0, 0.1) is 27.7 Å². The van der Waals surface area contributed by atoms with Gasteiger partial charge in [0, 0.05) is 11.8 Å². The van der Waals surface area contributed by atoms with E-state index in [1.807, 2.05) is 32.9 Å². The highest BCUT2D eigenvalue weighted by Crippen LogP contribution is 2.21. The molecular formula is C16H18N2O3. The van der Waals surface area contributed by atoms with Crippen molar-refractivity contribution < 1.29 is 9.90 Å². The fourth-order valence-corrected chi connectivity index (χ4v) is 2.58. The van der Waals surface area contributed by atoms with E-state index in [9.17, 15) is 9.59 Å². The molecule has 0 amide bonds. The van der Waals surface area contributed by atoms with E-state index in [1.54, 1.807) is 11.6 Å². The minimum Gasteiger partial charge on any atom is -0.481 e. The average molecular weight is 286 g/mol. The summed E-state index contributed by atoms with van der Waals surface area (Å²) in [4.78, 5) is 22.7. The first-order chi connectivity index (χ1) is 9.79. The van der Waals surface area contributed by atoms with E-state index in [4.69, 9.17) is 5.11 Å². The zero-order valence-corrected chi connectivity index (χ0v) is 12.6. The first kappa shape index (κ1) is 15.0. The first-order valence-electron chi connectivity index (χ1n) is 6.69. The lowest BCUT2D eigenvalue weighted by Gasteiger charge is -2.16. The van der Waals surface area contributed by atoms with E-state index >= 15 is 0 Å². The number of aromatic nitrogens is 2. The van der Waals surface area contributed by atoms with E-state index in [1.165, 1.54) is 6.07 Å². The Hall–Kier alpha value is -2.43. The molecule has 1 heterocycles. The molecule has 5 nitrogen and oxygen atoms in total. The molecule has 2 aromatic rings. The van der Waals surface area contributed by atoms with E-state index in [-0.39, 0.29) is 17.5 Å². The van der Waals surface area contributed by atoms with Crippen LogP contribution < -0.4 is 5.43 Å². The van der Waals surface area contributed by atoms with Crippen molar-refractivity contribution in [2.24, 2.45) is 0 Å². The Bertz CT molecular complexity index is 753. The van der Waals surface area contributed by atoms with Gasteiger partial charge in [-0.05, 0) is 38.8 Å². The predicted molar refractivity (Wildman–Crippen MR) is 80.1 cm³/mol. The molecule has 0 fully saturated rings. The number of hydrogen-bond acceptors (Lipinski definition) is 3. The van der Waals surface area contributed by atoms with Gasteiger partial charge in [0.15, 0.2) is 0 Å². The Morgan fingerprint density at radius 2 is 1.71 bits per heavy atom. The van der Waals surface area contributed by atoms with Crippen LogP contribution in [-0.2, 0) is 11.2 Å². The largest absolute Gasteiger partial charge is 0.481 e. The highest BCUT2D eigenvalue weighted by molar-refractivity contribution is 5.69. The van der Waals surface area contributed by atoms with Crippen LogP contribution in [-0.4, -0.2) is 20.9 Å². The maximum Gasteiger partial charge on any atom is 0.309 e. The molecule has 0 saturated carbocycles. The fraction of sp³-hybridized carbons (Fsp3) is 0.312. The molecule has 0 bridgehead atoms. The smallest absolute Gasteiger partial charge is 0.309 e. The molecule has 1 aromatic carbocycles. The Balaban J connectivity index is 2.70. The van der Waals surface area contributed by atoms with Crippen LogP contribution in [0.2, 0.25) is 0 Å². The van der Waals surface area contributed by atoms with Crippen LogP contribution in [0.15, 0.2) is 23.0 Å². The third-order valence-corrected chi connectivity index (χ3v) is 3.35. The molecule has 0 spiro atoms. The third kappa shape index (κ3) is 3.02. The summed E-state index contributed by atoms with van der Waals surface area (Å²) in [6.07, 6.45) is -0.372. The van der Waals surface area contributed by atoms with Crippen LogP contribution >= 0.6 is 0 Å². The highest BCUT2D eigenvalue weighted by Gasteiger charge is 2.13. The summed E-state index contributed by atoms with van der Waals surface area (Å²) >= 11 is 0. The van der Waals surface area contributed by atoms with Crippen molar-refractivity contribution in [3.8, 4) is 5.69 Å². The lowest BCUT2D eigenvalue weighted by Crippen LogP contribution is -2.22. The number of carboxylic acid groups (broad SMARTS) is 1. The minimum absolute atomic E-state index is 0.0486. The van der Waals surface area contributed by atoms with E-state index in [0.29, 0.717) is 5.69 Å². The molecule has 1 N–H and O–H groups in total. The van der Waals surface area contributed by atoms with E-state index in [0.717, 1.165) is 22.4 Å². The maximum atomic E-state index is 11.8. The molecule has 0 unspecified atom stereocenters. The van der Waals surface area contributed by atoms with Gasteiger partial charge in [-0.1, -0.05) is 17.7 Å². The first-order valence-corrected chi connectivity index (χ1v) is 6.69. The minimum atomic E-state index is -1.06. The summed E-state index contributed by atoms with van der Waals surface area (Å²) in [6.45, 7) is 7.76. The maximum absolute atomic E-state index is 11.8. The second-order valence-electron chi connectivity index (χ2n) is 5.33. The Morgan fingerprint density at radius 3 is 2.24 bits per heavy atom. The summed E-state index contributed by atoms with van der Waals surface area (Å²) in [7, 11) is 0. The Labute approximate surface area is 122 Å². The van der Waals surface area contributed by atoms with Crippen LogP contribution in [0.1, 0.15) is 28.1 Å². The van der Waals surface area contributed by atoms with E-state index in [2.05, 4.69) is 5.10 Å².